The normalized spacial score (nSPS) is 24.9. The zero-order chi connectivity index (χ0) is 12.7. The highest BCUT2D eigenvalue weighted by Gasteiger charge is 2.21. The Morgan fingerprint density at radius 1 is 1.18 bits per heavy atom. The smallest absolute Gasteiger partial charge is 0.0237 e. The molecule has 17 heavy (non-hydrogen) atoms. The van der Waals surface area contributed by atoms with Crippen LogP contribution in [0.15, 0.2) is 30.3 Å². The first kappa shape index (κ1) is 14.2. The van der Waals surface area contributed by atoms with Gasteiger partial charge < -0.3 is 5.32 Å². The fourth-order valence-corrected chi connectivity index (χ4v) is 2.14. The van der Waals surface area contributed by atoms with Crippen LogP contribution in [0, 0.1) is 0 Å². The highest BCUT2D eigenvalue weighted by Crippen LogP contribution is 2.11. The average Bonchev–Trinajstić information content (AvgIpc) is 2.38. The molecular formula is C15H26N2. The topological polar surface area (TPSA) is 15.3 Å². The number of nitrogens with one attached hydrogen (secondary N) is 1. The van der Waals surface area contributed by atoms with Crippen LogP contribution in [0.4, 0.5) is 0 Å². The summed E-state index contributed by atoms with van der Waals surface area (Å²) in [5, 5.41) is 3.51. The van der Waals surface area contributed by atoms with Gasteiger partial charge in [-0.3, -0.25) is 4.90 Å². The Labute approximate surface area is 106 Å². The van der Waals surface area contributed by atoms with E-state index in [0.29, 0.717) is 12.1 Å². The molecule has 1 aromatic rings. The lowest BCUT2D eigenvalue weighted by atomic mass is 10.1. The van der Waals surface area contributed by atoms with Gasteiger partial charge in [0.2, 0.25) is 0 Å². The number of hydrogen-bond acceptors (Lipinski definition) is 2. The highest BCUT2D eigenvalue weighted by molar-refractivity contribution is 5.14. The standard InChI is InChI=1S/C13H20N2.C2H6/c1-11-9-15(12(2)8-14-11)10-13-6-4-3-5-7-13;1-2/h3-7,11-12,14H,8-10H2,1-2H3;1-2H3. The Bertz CT molecular complexity index is 297. The minimum absolute atomic E-state index is 0.616. The molecule has 0 amide bonds. The molecule has 0 saturated carbocycles. The number of nitrogens with zero attached hydrogens (tertiary/aromatic N) is 1. The summed E-state index contributed by atoms with van der Waals surface area (Å²) >= 11 is 0. The van der Waals surface area contributed by atoms with Crippen molar-refractivity contribution in [2.24, 2.45) is 0 Å². The Hall–Kier alpha value is -0.860. The van der Waals surface area contributed by atoms with Gasteiger partial charge in [-0.2, -0.15) is 0 Å². The second kappa shape index (κ2) is 7.46. The third kappa shape index (κ3) is 4.49. The fraction of sp³-hybridized carbons (Fsp3) is 0.600. The summed E-state index contributed by atoms with van der Waals surface area (Å²) in [5.41, 5.74) is 1.42. The van der Waals surface area contributed by atoms with Gasteiger partial charge in [-0.15, -0.1) is 0 Å². The SMILES string of the molecule is CC.CC1CN(Cc2ccccc2)C(C)CN1. The molecule has 2 unspecified atom stereocenters. The molecule has 1 heterocycles. The van der Waals surface area contributed by atoms with Gasteiger partial charge in [0.25, 0.3) is 0 Å². The van der Waals surface area contributed by atoms with Gasteiger partial charge in [-0.05, 0) is 19.4 Å². The molecular weight excluding hydrogens is 208 g/mol. The van der Waals surface area contributed by atoms with Gasteiger partial charge in [0.1, 0.15) is 0 Å². The number of hydrogen-bond donors (Lipinski definition) is 1. The Morgan fingerprint density at radius 3 is 2.47 bits per heavy atom. The molecule has 1 aromatic carbocycles. The van der Waals surface area contributed by atoms with Crippen molar-refractivity contribution < 1.29 is 0 Å². The predicted octanol–water partition coefficient (Wildman–Crippen LogP) is 2.90. The minimum atomic E-state index is 0.616. The van der Waals surface area contributed by atoms with Crippen LogP contribution >= 0.6 is 0 Å². The van der Waals surface area contributed by atoms with E-state index in [4.69, 9.17) is 0 Å². The maximum absolute atomic E-state index is 3.51. The summed E-state index contributed by atoms with van der Waals surface area (Å²) in [6.45, 7) is 11.9. The van der Waals surface area contributed by atoms with Crippen molar-refractivity contribution >= 4 is 0 Å². The van der Waals surface area contributed by atoms with E-state index in [1.165, 1.54) is 5.56 Å². The lowest BCUT2D eigenvalue weighted by molar-refractivity contribution is 0.139. The first-order valence-electron chi connectivity index (χ1n) is 6.77. The van der Waals surface area contributed by atoms with Crippen LogP contribution in [-0.2, 0) is 6.54 Å². The van der Waals surface area contributed by atoms with Crippen molar-refractivity contribution in [3.05, 3.63) is 35.9 Å². The largest absolute Gasteiger partial charge is 0.311 e. The van der Waals surface area contributed by atoms with E-state index in [1.807, 2.05) is 13.8 Å². The van der Waals surface area contributed by atoms with Crippen molar-refractivity contribution in [3.63, 3.8) is 0 Å². The zero-order valence-corrected chi connectivity index (χ0v) is 11.6. The molecule has 0 spiro atoms. The molecule has 2 rings (SSSR count). The summed E-state index contributed by atoms with van der Waals surface area (Å²) in [4.78, 5) is 2.55. The van der Waals surface area contributed by atoms with Crippen LogP contribution in [-0.4, -0.2) is 30.1 Å². The van der Waals surface area contributed by atoms with Crippen LogP contribution in [0.2, 0.25) is 0 Å². The highest BCUT2D eigenvalue weighted by atomic mass is 15.2. The molecule has 0 bridgehead atoms. The third-order valence-corrected chi connectivity index (χ3v) is 3.12. The van der Waals surface area contributed by atoms with Gasteiger partial charge in [-0.1, -0.05) is 44.2 Å². The lowest BCUT2D eigenvalue weighted by Crippen LogP contribution is -2.53. The first-order chi connectivity index (χ1) is 8.25. The van der Waals surface area contributed by atoms with Gasteiger partial charge in [0, 0.05) is 31.7 Å². The van der Waals surface area contributed by atoms with Crippen LogP contribution in [0.25, 0.3) is 0 Å². The number of benzene rings is 1. The molecule has 1 aliphatic rings. The van der Waals surface area contributed by atoms with Gasteiger partial charge in [0.15, 0.2) is 0 Å². The fourth-order valence-electron chi connectivity index (χ4n) is 2.14. The third-order valence-electron chi connectivity index (χ3n) is 3.12. The molecule has 1 saturated heterocycles. The second-order valence-electron chi connectivity index (χ2n) is 4.57. The van der Waals surface area contributed by atoms with E-state index >= 15 is 0 Å². The van der Waals surface area contributed by atoms with Crippen molar-refractivity contribution in [1.82, 2.24) is 10.2 Å². The molecule has 0 aromatic heterocycles. The van der Waals surface area contributed by atoms with E-state index in [2.05, 4.69) is 54.4 Å². The van der Waals surface area contributed by atoms with Crippen LogP contribution in [0.1, 0.15) is 33.3 Å². The summed E-state index contributed by atoms with van der Waals surface area (Å²) in [5.74, 6) is 0. The van der Waals surface area contributed by atoms with Crippen molar-refractivity contribution in [2.45, 2.75) is 46.3 Å². The van der Waals surface area contributed by atoms with E-state index < -0.39 is 0 Å². The molecule has 2 heteroatoms. The van der Waals surface area contributed by atoms with Gasteiger partial charge in [0.05, 0.1) is 0 Å². The summed E-state index contributed by atoms with van der Waals surface area (Å²) in [6, 6.07) is 12.0. The van der Waals surface area contributed by atoms with E-state index in [9.17, 15) is 0 Å². The van der Waals surface area contributed by atoms with Crippen molar-refractivity contribution in [2.75, 3.05) is 13.1 Å². The monoisotopic (exact) mass is 234 g/mol. The van der Waals surface area contributed by atoms with Crippen LogP contribution in [0.3, 0.4) is 0 Å². The molecule has 1 N–H and O–H groups in total. The summed E-state index contributed by atoms with van der Waals surface area (Å²) in [6.07, 6.45) is 0. The minimum Gasteiger partial charge on any atom is -0.311 e. The van der Waals surface area contributed by atoms with Crippen LogP contribution < -0.4 is 5.32 Å². The molecule has 1 aliphatic heterocycles. The molecule has 2 atom stereocenters. The predicted molar refractivity (Wildman–Crippen MR) is 75.1 cm³/mol. The number of piperazine rings is 1. The summed E-state index contributed by atoms with van der Waals surface area (Å²) < 4.78 is 0. The van der Waals surface area contributed by atoms with Crippen molar-refractivity contribution in [1.29, 1.82) is 0 Å². The maximum Gasteiger partial charge on any atom is 0.0237 e. The van der Waals surface area contributed by atoms with Crippen LogP contribution in [0.5, 0.6) is 0 Å². The van der Waals surface area contributed by atoms with E-state index in [1.54, 1.807) is 0 Å². The zero-order valence-electron chi connectivity index (χ0n) is 11.6. The molecule has 0 radical (unpaired) electrons. The molecule has 1 fully saturated rings. The lowest BCUT2D eigenvalue weighted by Gasteiger charge is -2.37. The van der Waals surface area contributed by atoms with Gasteiger partial charge in [-0.25, -0.2) is 0 Å². The van der Waals surface area contributed by atoms with Crippen molar-refractivity contribution in [3.8, 4) is 0 Å². The molecule has 96 valence electrons. The Balaban J connectivity index is 0.000000686. The Kier molecular flexibility index (Phi) is 6.23. The number of rotatable bonds is 2. The van der Waals surface area contributed by atoms with E-state index in [-0.39, 0.29) is 0 Å². The average molecular weight is 234 g/mol. The maximum atomic E-state index is 3.51. The second-order valence-corrected chi connectivity index (χ2v) is 4.57. The molecule has 0 aliphatic carbocycles. The first-order valence-corrected chi connectivity index (χ1v) is 6.77. The van der Waals surface area contributed by atoms with Gasteiger partial charge >= 0.3 is 0 Å². The quantitative estimate of drug-likeness (QED) is 0.846. The summed E-state index contributed by atoms with van der Waals surface area (Å²) in [7, 11) is 0. The Morgan fingerprint density at radius 2 is 1.82 bits per heavy atom. The van der Waals surface area contributed by atoms with E-state index in [0.717, 1.165) is 19.6 Å². The molecule has 2 nitrogen and oxygen atoms in total.